The molecule has 2 nitrogen and oxygen atoms in total. The normalized spacial score (nSPS) is 10.8. The number of halogens is 2. The lowest BCUT2D eigenvalue weighted by molar-refractivity contribution is 0.464. The molecule has 2 aromatic carbocycles. The summed E-state index contributed by atoms with van der Waals surface area (Å²) < 4.78 is 13.5. The number of hydrogen-bond donors (Lipinski definition) is 2. The maximum absolute atomic E-state index is 13.5. The molecule has 0 amide bonds. The van der Waals surface area contributed by atoms with Crippen molar-refractivity contribution >= 4 is 11.6 Å². The van der Waals surface area contributed by atoms with E-state index in [9.17, 15) is 9.50 Å². The molecule has 20 heavy (non-hydrogen) atoms. The van der Waals surface area contributed by atoms with Crippen molar-refractivity contribution in [3.8, 4) is 5.75 Å². The molecule has 2 rings (SSSR count). The lowest BCUT2D eigenvalue weighted by Crippen LogP contribution is -2.13. The van der Waals surface area contributed by atoms with Crippen molar-refractivity contribution in [1.29, 1.82) is 0 Å². The summed E-state index contributed by atoms with van der Waals surface area (Å²) in [5.74, 6) is 0.0644. The lowest BCUT2D eigenvalue weighted by Gasteiger charge is -2.10. The monoisotopic (exact) mass is 293 g/mol. The maximum atomic E-state index is 13.5. The first-order valence-corrected chi connectivity index (χ1v) is 6.79. The van der Waals surface area contributed by atoms with Crippen LogP contribution < -0.4 is 5.32 Å². The molecule has 4 heteroatoms. The first kappa shape index (κ1) is 14.8. The molecule has 2 N–H and O–H groups in total. The largest absolute Gasteiger partial charge is 0.508 e. The molecule has 0 spiro atoms. The number of hydrogen-bond acceptors (Lipinski definition) is 2. The van der Waals surface area contributed by atoms with Gasteiger partial charge in [0.05, 0.1) is 0 Å². The van der Waals surface area contributed by atoms with Gasteiger partial charge in [0.15, 0.2) is 0 Å². The van der Waals surface area contributed by atoms with Gasteiger partial charge in [0.25, 0.3) is 0 Å². The highest BCUT2D eigenvalue weighted by Crippen LogP contribution is 2.21. The fourth-order valence-electron chi connectivity index (χ4n) is 2.17. The highest BCUT2D eigenvalue weighted by atomic mass is 35.5. The third-order valence-corrected chi connectivity index (χ3v) is 3.42. The van der Waals surface area contributed by atoms with Crippen molar-refractivity contribution < 1.29 is 9.50 Å². The van der Waals surface area contributed by atoms with Crippen molar-refractivity contribution in [2.45, 2.75) is 26.9 Å². The van der Waals surface area contributed by atoms with Crippen LogP contribution in [0.4, 0.5) is 4.39 Å². The molecule has 0 unspecified atom stereocenters. The third-order valence-electron chi connectivity index (χ3n) is 3.18. The minimum atomic E-state index is -0.152. The van der Waals surface area contributed by atoms with Crippen LogP contribution in [-0.4, -0.2) is 5.11 Å². The van der Waals surface area contributed by atoms with E-state index in [4.69, 9.17) is 11.6 Å². The van der Waals surface area contributed by atoms with E-state index in [1.54, 1.807) is 32.0 Å². The number of aromatic hydroxyl groups is 1. The molecule has 106 valence electrons. The first-order chi connectivity index (χ1) is 9.47. The molecule has 0 saturated carbocycles. The van der Waals surface area contributed by atoms with Crippen molar-refractivity contribution in [3.63, 3.8) is 0 Å². The third kappa shape index (κ3) is 3.50. The predicted molar refractivity (Wildman–Crippen MR) is 79.5 cm³/mol. The van der Waals surface area contributed by atoms with Gasteiger partial charge in [-0.2, -0.15) is 0 Å². The topological polar surface area (TPSA) is 32.3 Å². The van der Waals surface area contributed by atoms with E-state index < -0.39 is 0 Å². The summed E-state index contributed by atoms with van der Waals surface area (Å²) in [6.45, 7) is 4.62. The zero-order valence-corrected chi connectivity index (χ0v) is 12.3. The molecule has 0 aliphatic carbocycles. The molecule has 0 bridgehead atoms. The summed E-state index contributed by atoms with van der Waals surface area (Å²) in [5, 5.41) is 13.5. The Kier molecular flexibility index (Phi) is 4.63. The molecule has 0 atom stereocenters. The molecule has 0 aliphatic rings. The van der Waals surface area contributed by atoms with Crippen LogP contribution in [0.2, 0.25) is 5.02 Å². The Bertz CT molecular complexity index is 605. The average molecular weight is 294 g/mol. The van der Waals surface area contributed by atoms with Gasteiger partial charge < -0.3 is 10.4 Å². The Morgan fingerprint density at radius 3 is 2.40 bits per heavy atom. The lowest BCUT2D eigenvalue weighted by atomic mass is 10.1. The number of benzene rings is 2. The zero-order chi connectivity index (χ0) is 14.7. The summed E-state index contributed by atoms with van der Waals surface area (Å²) in [6.07, 6.45) is 0. The van der Waals surface area contributed by atoms with Gasteiger partial charge in [-0.1, -0.05) is 23.7 Å². The van der Waals surface area contributed by atoms with Crippen LogP contribution in [0.5, 0.6) is 5.75 Å². The van der Waals surface area contributed by atoms with E-state index in [0.717, 1.165) is 11.1 Å². The Labute approximate surface area is 123 Å². The SMILES string of the molecule is Cc1cc(CNCc2cc(Cl)ccc2O)cc(C)c1F. The van der Waals surface area contributed by atoms with Crippen LogP contribution in [-0.2, 0) is 13.1 Å². The van der Waals surface area contributed by atoms with E-state index in [2.05, 4.69) is 5.32 Å². The first-order valence-electron chi connectivity index (χ1n) is 6.41. The van der Waals surface area contributed by atoms with Crippen LogP contribution in [0.15, 0.2) is 30.3 Å². The molecule has 0 heterocycles. The van der Waals surface area contributed by atoms with Gasteiger partial charge in [-0.05, 0) is 48.7 Å². The van der Waals surface area contributed by atoms with Gasteiger partial charge in [-0.25, -0.2) is 4.39 Å². The standard InChI is InChI=1S/C16H17ClFNO/c1-10-5-12(6-11(2)16(10)18)8-19-9-13-7-14(17)3-4-15(13)20/h3-7,19-20H,8-9H2,1-2H3. The molecule has 0 fully saturated rings. The van der Waals surface area contributed by atoms with Crippen molar-refractivity contribution in [2.24, 2.45) is 0 Å². The highest BCUT2D eigenvalue weighted by molar-refractivity contribution is 6.30. The molecule has 0 radical (unpaired) electrons. The molecular formula is C16H17ClFNO. The van der Waals surface area contributed by atoms with Gasteiger partial charge in [-0.15, -0.1) is 0 Å². The van der Waals surface area contributed by atoms with Crippen molar-refractivity contribution in [3.05, 3.63) is 63.4 Å². The van der Waals surface area contributed by atoms with Crippen LogP contribution in [0, 0.1) is 19.7 Å². The van der Waals surface area contributed by atoms with Crippen LogP contribution in [0.3, 0.4) is 0 Å². The van der Waals surface area contributed by atoms with E-state index in [-0.39, 0.29) is 11.6 Å². The summed E-state index contributed by atoms with van der Waals surface area (Å²) in [6, 6.07) is 8.60. The molecule has 0 saturated heterocycles. The van der Waals surface area contributed by atoms with Gasteiger partial charge in [0, 0.05) is 23.7 Å². The molecule has 0 aliphatic heterocycles. The number of phenols is 1. The maximum Gasteiger partial charge on any atom is 0.129 e. The summed E-state index contributed by atoms with van der Waals surface area (Å²) in [5.41, 5.74) is 3.05. The fourth-order valence-corrected chi connectivity index (χ4v) is 2.37. The van der Waals surface area contributed by atoms with E-state index in [1.807, 2.05) is 12.1 Å². The van der Waals surface area contributed by atoms with Crippen molar-refractivity contribution in [2.75, 3.05) is 0 Å². The van der Waals surface area contributed by atoms with Gasteiger partial charge in [0.2, 0.25) is 0 Å². The predicted octanol–water partition coefficient (Wildman–Crippen LogP) is 4.09. The quantitative estimate of drug-likeness (QED) is 0.890. The smallest absolute Gasteiger partial charge is 0.129 e. The Morgan fingerprint density at radius 2 is 1.75 bits per heavy atom. The van der Waals surface area contributed by atoms with Crippen LogP contribution in [0.25, 0.3) is 0 Å². The highest BCUT2D eigenvalue weighted by Gasteiger charge is 2.05. The van der Waals surface area contributed by atoms with Gasteiger partial charge in [-0.3, -0.25) is 0 Å². The zero-order valence-electron chi connectivity index (χ0n) is 11.5. The van der Waals surface area contributed by atoms with Gasteiger partial charge >= 0.3 is 0 Å². The number of nitrogens with one attached hydrogen (secondary N) is 1. The van der Waals surface area contributed by atoms with Crippen LogP contribution >= 0.6 is 11.6 Å². The minimum Gasteiger partial charge on any atom is -0.508 e. The minimum absolute atomic E-state index is 0.152. The van der Waals surface area contributed by atoms with E-state index >= 15 is 0 Å². The fraction of sp³-hybridized carbons (Fsp3) is 0.250. The second kappa shape index (κ2) is 6.25. The van der Waals surface area contributed by atoms with Crippen molar-refractivity contribution in [1.82, 2.24) is 5.32 Å². The molecule has 0 aromatic heterocycles. The number of aryl methyl sites for hydroxylation is 2. The summed E-state index contributed by atoms with van der Waals surface area (Å²) >= 11 is 5.89. The Balaban J connectivity index is 2.01. The second-order valence-electron chi connectivity index (χ2n) is 4.92. The van der Waals surface area contributed by atoms with Crippen LogP contribution in [0.1, 0.15) is 22.3 Å². The number of rotatable bonds is 4. The average Bonchev–Trinajstić information content (AvgIpc) is 2.40. The molecule has 2 aromatic rings. The Morgan fingerprint density at radius 1 is 1.10 bits per heavy atom. The Hall–Kier alpha value is -1.58. The van der Waals surface area contributed by atoms with E-state index in [1.165, 1.54) is 0 Å². The number of phenolic OH excluding ortho intramolecular Hbond substituents is 1. The molecular weight excluding hydrogens is 277 g/mol. The van der Waals surface area contributed by atoms with E-state index in [0.29, 0.717) is 29.2 Å². The summed E-state index contributed by atoms with van der Waals surface area (Å²) in [4.78, 5) is 0. The summed E-state index contributed by atoms with van der Waals surface area (Å²) in [7, 11) is 0. The van der Waals surface area contributed by atoms with Gasteiger partial charge in [0.1, 0.15) is 11.6 Å². The second-order valence-corrected chi connectivity index (χ2v) is 5.36.